The number of hydrogen-bond acceptors (Lipinski definition) is 9. The SMILES string of the molecule is COc1ccc(CN=S2(=O)CCN(c3ccc(-c4cc(-c5cnn(C)c5)cn5ncc(C#N)c45)cn3)CC2)cn1. The van der Waals surface area contributed by atoms with Crippen molar-refractivity contribution in [1.29, 1.82) is 5.26 Å². The predicted octanol–water partition coefficient (Wildman–Crippen LogP) is 3.56. The van der Waals surface area contributed by atoms with Crippen molar-refractivity contribution in [1.82, 2.24) is 29.4 Å². The molecule has 0 aliphatic carbocycles. The van der Waals surface area contributed by atoms with Crippen molar-refractivity contribution >= 4 is 21.1 Å². The first-order chi connectivity index (χ1) is 19.4. The molecule has 5 aromatic rings. The summed E-state index contributed by atoms with van der Waals surface area (Å²) in [6.45, 7) is 1.59. The number of aryl methyl sites for hydroxylation is 1. The lowest BCUT2D eigenvalue weighted by atomic mass is 10.0. The van der Waals surface area contributed by atoms with E-state index in [2.05, 4.69) is 30.5 Å². The molecule has 1 aliphatic heterocycles. The molecule has 0 N–H and O–H groups in total. The van der Waals surface area contributed by atoms with Crippen molar-refractivity contribution in [3.05, 3.63) is 78.6 Å². The number of ether oxygens (including phenoxy) is 1. The summed E-state index contributed by atoms with van der Waals surface area (Å²) in [6, 6.07) is 11.9. The zero-order valence-corrected chi connectivity index (χ0v) is 23.0. The van der Waals surface area contributed by atoms with Crippen molar-refractivity contribution in [3.8, 4) is 34.2 Å². The van der Waals surface area contributed by atoms with E-state index in [-0.39, 0.29) is 0 Å². The Morgan fingerprint density at radius 2 is 1.85 bits per heavy atom. The van der Waals surface area contributed by atoms with Crippen LogP contribution < -0.4 is 9.64 Å². The number of nitriles is 1. The molecule has 6 rings (SSSR count). The Balaban J connectivity index is 1.22. The molecule has 0 bridgehead atoms. The zero-order valence-electron chi connectivity index (χ0n) is 22.1. The van der Waals surface area contributed by atoms with Crippen LogP contribution >= 0.6 is 0 Å². The van der Waals surface area contributed by atoms with Crippen molar-refractivity contribution in [2.24, 2.45) is 11.4 Å². The van der Waals surface area contributed by atoms with Gasteiger partial charge in [0.25, 0.3) is 0 Å². The normalized spacial score (nSPS) is 14.7. The van der Waals surface area contributed by atoms with Gasteiger partial charge < -0.3 is 9.64 Å². The molecular formula is C28H27N9O2S. The van der Waals surface area contributed by atoms with Crippen LogP contribution in [-0.4, -0.2) is 65.3 Å². The number of rotatable bonds is 6. The first kappa shape index (κ1) is 25.5. The number of aromatic nitrogens is 6. The summed E-state index contributed by atoms with van der Waals surface area (Å²) < 4.78 is 26.5. The maximum Gasteiger partial charge on any atom is 0.212 e. The molecule has 0 unspecified atom stereocenters. The fourth-order valence-corrected chi connectivity index (χ4v) is 6.64. The van der Waals surface area contributed by atoms with Crippen molar-refractivity contribution in [3.63, 3.8) is 0 Å². The number of hydrogen-bond donors (Lipinski definition) is 0. The van der Waals surface area contributed by atoms with Crippen LogP contribution in [0.4, 0.5) is 5.82 Å². The minimum Gasteiger partial charge on any atom is -0.481 e. The highest BCUT2D eigenvalue weighted by atomic mass is 32.2. The monoisotopic (exact) mass is 553 g/mol. The fraction of sp³-hybridized carbons (Fsp3) is 0.250. The molecule has 0 spiro atoms. The summed E-state index contributed by atoms with van der Waals surface area (Å²) in [5.41, 5.74) is 5.76. The quantitative estimate of drug-likeness (QED) is 0.312. The van der Waals surface area contributed by atoms with Crippen molar-refractivity contribution in [2.75, 3.05) is 36.6 Å². The average molecular weight is 554 g/mol. The lowest BCUT2D eigenvalue weighted by molar-refractivity contribution is 0.397. The van der Waals surface area contributed by atoms with E-state index < -0.39 is 9.73 Å². The lowest BCUT2D eigenvalue weighted by Crippen LogP contribution is -2.40. The third kappa shape index (κ3) is 4.99. The van der Waals surface area contributed by atoms with E-state index in [1.54, 1.807) is 41.0 Å². The Bertz CT molecular complexity index is 1830. The van der Waals surface area contributed by atoms with E-state index in [1.807, 2.05) is 49.9 Å². The third-order valence-electron chi connectivity index (χ3n) is 7.00. The van der Waals surface area contributed by atoms with Gasteiger partial charge >= 0.3 is 0 Å². The molecule has 40 heavy (non-hydrogen) atoms. The molecule has 202 valence electrons. The summed E-state index contributed by atoms with van der Waals surface area (Å²) >= 11 is 0. The van der Waals surface area contributed by atoms with E-state index in [0.29, 0.717) is 42.6 Å². The van der Waals surface area contributed by atoms with E-state index >= 15 is 0 Å². The largest absolute Gasteiger partial charge is 0.481 e. The molecule has 0 saturated carbocycles. The summed E-state index contributed by atoms with van der Waals surface area (Å²) in [7, 11) is 1.15. The second-order valence-electron chi connectivity index (χ2n) is 9.58. The van der Waals surface area contributed by atoms with Gasteiger partial charge in [-0.25, -0.2) is 23.1 Å². The maximum absolute atomic E-state index is 13.3. The molecule has 0 aromatic carbocycles. The fourth-order valence-electron chi connectivity index (χ4n) is 4.78. The first-order valence-electron chi connectivity index (χ1n) is 12.7. The van der Waals surface area contributed by atoms with Crippen LogP contribution in [0.15, 0.2) is 71.9 Å². The smallest absolute Gasteiger partial charge is 0.212 e. The molecule has 1 aliphatic rings. The minimum atomic E-state index is -2.30. The van der Waals surface area contributed by atoms with Gasteiger partial charge in [-0.1, -0.05) is 6.07 Å². The van der Waals surface area contributed by atoms with Gasteiger partial charge in [0.15, 0.2) is 0 Å². The Labute approximate surface area is 231 Å². The summed E-state index contributed by atoms with van der Waals surface area (Å²) in [4.78, 5) is 11.1. The Morgan fingerprint density at radius 1 is 1.00 bits per heavy atom. The van der Waals surface area contributed by atoms with Crippen LogP contribution in [0.2, 0.25) is 0 Å². The van der Waals surface area contributed by atoms with E-state index in [1.165, 1.54) is 0 Å². The zero-order chi connectivity index (χ0) is 27.7. The molecule has 11 nitrogen and oxygen atoms in total. The van der Waals surface area contributed by atoms with Gasteiger partial charge in [-0.15, -0.1) is 0 Å². The van der Waals surface area contributed by atoms with Crippen LogP contribution in [0.25, 0.3) is 27.8 Å². The van der Waals surface area contributed by atoms with Crippen molar-refractivity contribution in [2.45, 2.75) is 6.54 Å². The van der Waals surface area contributed by atoms with Gasteiger partial charge in [-0.2, -0.15) is 15.5 Å². The molecule has 1 fully saturated rings. The minimum absolute atomic E-state index is 0.370. The average Bonchev–Trinajstić information content (AvgIpc) is 3.62. The standard InChI is InChI=1S/C28H27N9O2S/c1-35-18-24(17-32-35)22-11-25(28-23(12-29)16-33-37(28)19-22)21-4-5-26(30-15-21)36-7-9-40(38,10-8-36)34-14-20-3-6-27(39-2)31-13-20/h3-6,11,13,15-19H,7-10,14H2,1-2H3. The Hall–Kier alpha value is -4.76. The highest BCUT2D eigenvalue weighted by Crippen LogP contribution is 2.32. The number of nitrogens with zero attached hydrogens (tertiary/aromatic N) is 9. The van der Waals surface area contributed by atoms with Gasteiger partial charge in [0, 0.05) is 84.8 Å². The molecule has 12 heteroatoms. The van der Waals surface area contributed by atoms with Crippen LogP contribution in [0, 0.1) is 11.3 Å². The number of pyridine rings is 3. The molecule has 0 radical (unpaired) electrons. The number of fused-ring (bicyclic) bond motifs is 1. The summed E-state index contributed by atoms with van der Waals surface area (Å²) in [5, 5.41) is 18.4. The topological polar surface area (TPSA) is 127 Å². The maximum atomic E-state index is 13.3. The second kappa shape index (κ2) is 10.4. The van der Waals surface area contributed by atoms with Crippen LogP contribution in [0.3, 0.4) is 0 Å². The van der Waals surface area contributed by atoms with E-state index in [9.17, 15) is 9.47 Å². The van der Waals surface area contributed by atoms with Crippen LogP contribution in [0.5, 0.6) is 5.88 Å². The van der Waals surface area contributed by atoms with E-state index in [4.69, 9.17) is 9.72 Å². The third-order valence-corrected chi connectivity index (χ3v) is 9.24. The van der Waals surface area contributed by atoms with Gasteiger partial charge in [0.1, 0.15) is 11.9 Å². The molecule has 1 saturated heterocycles. The number of methoxy groups -OCH3 is 1. The van der Waals surface area contributed by atoms with Crippen LogP contribution in [0.1, 0.15) is 11.1 Å². The first-order valence-corrected chi connectivity index (χ1v) is 14.6. The second-order valence-corrected chi connectivity index (χ2v) is 12.2. The molecule has 0 amide bonds. The van der Waals surface area contributed by atoms with Gasteiger partial charge in [0.2, 0.25) is 5.88 Å². The highest BCUT2D eigenvalue weighted by molar-refractivity contribution is 7.93. The van der Waals surface area contributed by atoms with E-state index in [0.717, 1.165) is 39.2 Å². The van der Waals surface area contributed by atoms with Crippen molar-refractivity contribution < 1.29 is 8.95 Å². The van der Waals surface area contributed by atoms with Gasteiger partial charge in [-0.3, -0.25) is 4.68 Å². The summed E-state index contributed by atoms with van der Waals surface area (Å²) in [5.74, 6) is 2.32. The van der Waals surface area contributed by atoms with Gasteiger partial charge in [-0.05, 0) is 23.8 Å². The summed E-state index contributed by atoms with van der Waals surface area (Å²) in [6.07, 6.45) is 10.7. The Morgan fingerprint density at radius 3 is 2.50 bits per heavy atom. The predicted molar refractivity (Wildman–Crippen MR) is 152 cm³/mol. The Kier molecular flexibility index (Phi) is 6.65. The van der Waals surface area contributed by atoms with Crippen LogP contribution in [-0.2, 0) is 23.3 Å². The molecule has 0 atom stereocenters. The van der Waals surface area contributed by atoms with Gasteiger partial charge in [0.05, 0.1) is 46.9 Å². The lowest BCUT2D eigenvalue weighted by Gasteiger charge is -2.29. The molecule has 5 aromatic heterocycles. The molecule has 6 heterocycles. The molecular weight excluding hydrogens is 526 g/mol. The highest BCUT2D eigenvalue weighted by Gasteiger charge is 2.22. The number of anilines is 1.